The Kier molecular flexibility index (Phi) is 7.58. The molecule has 0 fully saturated rings. The largest absolute Gasteiger partial charge is 0.345 e. The normalized spacial score (nSPS) is 11.0. The Balaban J connectivity index is 1.35. The maximum absolute atomic E-state index is 13.1. The van der Waals surface area contributed by atoms with Crippen molar-refractivity contribution in [2.24, 2.45) is 0 Å². The third-order valence-electron chi connectivity index (χ3n) is 5.33. The van der Waals surface area contributed by atoms with E-state index in [1.807, 2.05) is 72.2 Å². The second kappa shape index (κ2) is 11.2. The number of rotatable bonds is 8. The summed E-state index contributed by atoms with van der Waals surface area (Å²) in [6, 6.07) is 21.0. The van der Waals surface area contributed by atoms with Gasteiger partial charge in [-0.15, -0.1) is 20.4 Å². The number of amides is 2. The Morgan fingerprint density at radius 1 is 0.973 bits per heavy atom. The fraction of sp³-hybridized carbons (Fsp3) is 0.120. The summed E-state index contributed by atoms with van der Waals surface area (Å²) in [5.74, 6) is 0.217. The first kappa shape index (κ1) is 25.1. The quantitative estimate of drug-likeness (QED) is 0.243. The Bertz CT molecular complexity index is 1580. The minimum atomic E-state index is -0.225. The van der Waals surface area contributed by atoms with Gasteiger partial charge in [-0.25, -0.2) is 0 Å². The number of aryl methyl sites for hydroxylation is 1. The zero-order valence-electron chi connectivity index (χ0n) is 19.5. The number of hydrogen-bond acceptors (Lipinski definition) is 8. The maximum Gasteiger partial charge on any atom is 0.252 e. The molecule has 0 spiro atoms. The summed E-state index contributed by atoms with van der Waals surface area (Å²) >= 11 is 6.01. The van der Waals surface area contributed by atoms with Crippen molar-refractivity contribution < 1.29 is 9.59 Å². The number of benzene rings is 3. The second-order valence-corrected chi connectivity index (χ2v) is 10.9. The number of aromatic nitrogens is 5. The van der Waals surface area contributed by atoms with Crippen LogP contribution in [0.1, 0.15) is 21.2 Å². The van der Waals surface area contributed by atoms with Crippen LogP contribution in [0.4, 0.5) is 5.13 Å². The molecule has 0 atom stereocenters. The molecule has 5 aromatic rings. The molecule has 0 saturated heterocycles. The van der Waals surface area contributed by atoms with Crippen LogP contribution in [0.3, 0.4) is 0 Å². The lowest BCUT2D eigenvalue weighted by Crippen LogP contribution is -2.25. The van der Waals surface area contributed by atoms with Gasteiger partial charge in [0.2, 0.25) is 11.0 Å². The van der Waals surface area contributed by atoms with Gasteiger partial charge < -0.3 is 5.32 Å². The standard InChI is InChI=1S/C25H20BrN7O2S2/c1-15-29-31-24(37-15)28-22(34)14-36-25-32-30-21(33(25)18-11-9-17(26)10-12-18)13-27-23(35)20-8-4-6-16-5-2-3-7-19(16)20/h2-12H,13-14H2,1H3,(H,27,35)(H,28,31,34). The molecule has 2 N–H and O–H groups in total. The van der Waals surface area contributed by atoms with Gasteiger partial charge in [0.15, 0.2) is 11.0 Å². The van der Waals surface area contributed by atoms with Crippen LogP contribution >= 0.6 is 39.0 Å². The number of fused-ring (bicyclic) bond motifs is 1. The van der Waals surface area contributed by atoms with Crippen molar-refractivity contribution in [3.8, 4) is 5.69 Å². The summed E-state index contributed by atoms with van der Waals surface area (Å²) in [5, 5.41) is 25.8. The lowest BCUT2D eigenvalue weighted by Gasteiger charge is -2.12. The number of nitrogens with one attached hydrogen (secondary N) is 2. The molecule has 2 aromatic heterocycles. The summed E-state index contributed by atoms with van der Waals surface area (Å²) in [7, 11) is 0. The molecule has 3 aromatic carbocycles. The Morgan fingerprint density at radius 3 is 2.54 bits per heavy atom. The minimum absolute atomic E-state index is 0.107. The smallest absolute Gasteiger partial charge is 0.252 e. The zero-order chi connectivity index (χ0) is 25.8. The van der Waals surface area contributed by atoms with Crippen LogP contribution in [0.25, 0.3) is 16.5 Å². The minimum Gasteiger partial charge on any atom is -0.345 e. The third kappa shape index (κ3) is 5.87. The van der Waals surface area contributed by atoms with Crippen LogP contribution in [0.5, 0.6) is 0 Å². The van der Waals surface area contributed by atoms with Crippen LogP contribution in [-0.4, -0.2) is 42.5 Å². The summed E-state index contributed by atoms with van der Waals surface area (Å²) in [5.41, 5.74) is 1.40. The molecule has 2 amide bonds. The number of thioether (sulfide) groups is 1. The van der Waals surface area contributed by atoms with Gasteiger partial charge in [-0.2, -0.15) is 0 Å². The van der Waals surface area contributed by atoms with Crippen LogP contribution in [0.15, 0.2) is 76.4 Å². The van der Waals surface area contributed by atoms with Crippen molar-refractivity contribution in [2.45, 2.75) is 18.6 Å². The first-order valence-electron chi connectivity index (χ1n) is 11.2. The topological polar surface area (TPSA) is 115 Å². The summed E-state index contributed by atoms with van der Waals surface area (Å²) in [4.78, 5) is 25.5. The third-order valence-corrected chi connectivity index (χ3v) is 7.54. The number of carbonyl (C=O) groups excluding carboxylic acids is 2. The van der Waals surface area contributed by atoms with Crippen molar-refractivity contribution >= 4 is 66.7 Å². The molecule has 0 aliphatic carbocycles. The molecule has 2 heterocycles. The van der Waals surface area contributed by atoms with Gasteiger partial charge in [0.1, 0.15) is 5.01 Å². The average molecular weight is 595 g/mol. The molecule has 0 bridgehead atoms. The molecule has 0 aliphatic rings. The van der Waals surface area contributed by atoms with Crippen molar-refractivity contribution in [3.63, 3.8) is 0 Å². The molecule has 37 heavy (non-hydrogen) atoms. The number of nitrogens with zero attached hydrogens (tertiary/aromatic N) is 5. The molecule has 12 heteroatoms. The van der Waals surface area contributed by atoms with Crippen LogP contribution < -0.4 is 10.6 Å². The highest BCUT2D eigenvalue weighted by Crippen LogP contribution is 2.25. The number of halogens is 1. The van der Waals surface area contributed by atoms with Gasteiger partial charge in [0, 0.05) is 15.7 Å². The van der Waals surface area contributed by atoms with Crippen molar-refractivity contribution in [3.05, 3.63) is 87.6 Å². The predicted molar refractivity (Wildman–Crippen MR) is 148 cm³/mol. The van der Waals surface area contributed by atoms with E-state index in [4.69, 9.17) is 0 Å². The van der Waals surface area contributed by atoms with Gasteiger partial charge >= 0.3 is 0 Å². The first-order valence-corrected chi connectivity index (χ1v) is 13.8. The second-order valence-electron chi connectivity index (χ2n) is 7.88. The highest BCUT2D eigenvalue weighted by atomic mass is 79.9. The van der Waals surface area contributed by atoms with Gasteiger partial charge in [-0.1, -0.05) is 75.4 Å². The SMILES string of the molecule is Cc1nnc(NC(=O)CSc2nnc(CNC(=O)c3cccc4ccccc34)n2-c2ccc(Br)cc2)s1. The summed E-state index contributed by atoms with van der Waals surface area (Å²) < 4.78 is 2.76. The van der Waals surface area contributed by atoms with E-state index in [2.05, 4.69) is 47.0 Å². The molecule has 186 valence electrons. The van der Waals surface area contributed by atoms with Crippen LogP contribution in [0, 0.1) is 6.92 Å². The fourth-order valence-electron chi connectivity index (χ4n) is 3.67. The molecule has 5 rings (SSSR count). The fourth-order valence-corrected chi connectivity index (χ4v) is 5.31. The Hall–Kier alpha value is -3.61. The average Bonchev–Trinajstić information content (AvgIpc) is 3.51. The molecular formula is C25H20BrN7O2S2. The van der Waals surface area contributed by atoms with Crippen LogP contribution in [0.2, 0.25) is 0 Å². The van der Waals surface area contributed by atoms with E-state index in [1.165, 1.54) is 23.1 Å². The van der Waals surface area contributed by atoms with Gasteiger partial charge in [0.25, 0.3) is 5.91 Å². The molecule has 0 radical (unpaired) electrons. The van der Waals surface area contributed by atoms with Gasteiger partial charge in [0.05, 0.1) is 12.3 Å². The van der Waals surface area contributed by atoms with Crippen molar-refractivity contribution in [2.75, 3.05) is 11.1 Å². The zero-order valence-corrected chi connectivity index (χ0v) is 22.7. The first-order chi connectivity index (χ1) is 18.0. The Morgan fingerprint density at radius 2 is 1.76 bits per heavy atom. The van der Waals surface area contributed by atoms with Crippen molar-refractivity contribution in [1.29, 1.82) is 0 Å². The van der Waals surface area contributed by atoms with E-state index >= 15 is 0 Å². The summed E-state index contributed by atoms with van der Waals surface area (Å²) in [6.45, 7) is 1.98. The predicted octanol–water partition coefficient (Wildman–Crippen LogP) is 5.00. The van der Waals surface area contributed by atoms with E-state index in [9.17, 15) is 9.59 Å². The molecular weight excluding hydrogens is 574 g/mol. The van der Waals surface area contributed by atoms with Crippen LogP contribution in [-0.2, 0) is 11.3 Å². The Labute approximate surface area is 228 Å². The molecule has 0 aliphatic heterocycles. The molecule has 9 nitrogen and oxygen atoms in total. The monoisotopic (exact) mass is 593 g/mol. The molecule has 0 saturated carbocycles. The number of anilines is 1. The number of carbonyl (C=O) groups is 2. The van der Waals surface area contributed by atoms with E-state index in [0.29, 0.717) is 21.7 Å². The molecule has 0 unspecified atom stereocenters. The van der Waals surface area contributed by atoms with E-state index < -0.39 is 0 Å². The van der Waals surface area contributed by atoms with E-state index in [0.717, 1.165) is 25.9 Å². The summed E-state index contributed by atoms with van der Waals surface area (Å²) in [6.07, 6.45) is 0. The number of hydrogen-bond donors (Lipinski definition) is 2. The highest BCUT2D eigenvalue weighted by Gasteiger charge is 2.18. The van der Waals surface area contributed by atoms with Gasteiger partial charge in [-0.3, -0.25) is 19.5 Å². The highest BCUT2D eigenvalue weighted by molar-refractivity contribution is 9.10. The maximum atomic E-state index is 13.1. The van der Waals surface area contributed by atoms with Gasteiger partial charge in [-0.05, 0) is 48.0 Å². The van der Waals surface area contributed by atoms with E-state index in [-0.39, 0.29) is 24.1 Å². The van der Waals surface area contributed by atoms with E-state index in [1.54, 1.807) is 6.07 Å². The van der Waals surface area contributed by atoms with Crippen molar-refractivity contribution in [1.82, 2.24) is 30.3 Å². The lowest BCUT2D eigenvalue weighted by atomic mass is 10.0. The lowest BCUT2D eigenvalue weighted by molar-refractivity contribution is -0.113.